The van der Waals surface area contributed by atoms with Gasteiger partial charge in [-0.3, -0.25) is 4.90 Å². The molecule has 0 bridgehead atoms. The van der Waals surface area contributed by atoms with Crippen molar-refractivity contribution in [1.82, 2.24) is 9.80 Å². The molecule has 4 nitrogen and oxygen atoms in total. The molecule has 5 heteroatoms. The molecule has 1 aromatic heterocycles. The lowest BCUT2D eigenvalue weighted by atomic mass is 9.99. The van der Waals surface area contributed by atoms with Gasteiger partial charge in [-0.15, -0.1) is 0 Å². The second kappa shape index (κ2) is 7.60. The molecule has 0 amide bonds. The van der Waals surface area contributed by atoms with Crippen LogP contribution >= 0.6 is 15.9 Å². The van der Waals surface area contributed by atoms with Crippen LogP contribution in [0.5, 0.6) is 0 Å². The first-order chi connectivity index (χ1) is 12.2. The zero-order valence-electron chi connectivity index (χ0n) is 14.5. The second-order valence-electron chi connectivity index (χ2n) is 7.34. The van der Waals surface area contributed by atoms with Crippen molar-refractivity contribution in [3.05, 3.63) is 44.7 Å². The lowest BCUT2D eigenvalue weighted by molar-refractivity contribution is 0.0898. The maximum absolute atomic E-state index is 11.9. The Hall–Kier alpha value is -1.17. The zero-order chi connectivity index (χ0) is 17.2. The highest BCUT2D eigenvalue weighted by Gasteiger charge is 2.25. The number of rotatable bonds is 3. The monoisotopic (exact) mass is 404 g/mol. The van der Waals surface area contributed by atoms with Gasteiger partial charge in [0.1, 0.15) is 5.58 Å². The van der Waals surface area contributed by atoms with Crippen LogP contribution in [0.3, 0.4) is 0 Å². The Bertz CT molecular complexity index is 790. The third kappa shape index (κ3) is 3.99. The summed E-state index contributed by atoms with van der Waals surface area (Å²) in [6, 6.07) is 8.34. The van der Waals surface area contributed by atoms with Crippen LogP contribution in [0.25, 0.3) is 11.0 Å². The molecule has 3 heterocycles. The van der Waals surface area contributed by atoms with E-state index in [2.05, 4.69) is 25.7 Å². The van der Waals surface area contributed by atoms with Crippen LogP contribution < -0.4 is 5.63 Å². The summed E-state index contributed by atoms with van der Waals surface area (Å²) in [6.45, 7) is 5.61. The summed E-state index contributed by atoms with van der Waals surface area (Å²) in [5.41, 5.74) is 1.49. The molecular weight excluding hydrogens is 380 g/mol. The van der Waals surface area contributed by atoms with Gasteiger partial charge in [0, 0.05) is 28.5 Å². The Kier molecular flexibility index (Phi) is 5.25. The molecule has 0 spiro atoms. The van der Waals surface area contributed by atoms with Gasteiger partial charge < -0.3 is 9.32 Å². The predicted molar refractivity (Wildman–Crippen MR) is 104 cm³/mol. The second-order valence-corrected chi connectivity index (χ2v) is 8.25. The Balaban J connectivity index is 1.45. The van der Waals surface area contributed by atoms with Gasteiger partial charge in [-0.2, -0.15) is 0 Å². The number of hydrogen-bond acceptors (Lipinski definition) is 4. The molecular formula is C20H25BrN2O2. The summed E-state index contributed by atoms with van der Waals surface area (Å²) in [5.74, 6) is 0. The normalized spacial score (nSPS) is 21.0. The molecule has 4 rings (SSSR count). The highest BCUT2D eigenvalue weighted by molar-refractivity contribution is 9.10. The summed E-state index contributed by atoms with van der Waals surface area (Å²) in [4.78, 5) is 17.1. The van der Waals surface area contributed by atoms with Gasteiger partial charge >= 0.3 is 5.63 Å². The molecule has 0 N–H and O–H groups in total. The third-order valence-corrected chi connectivity index (χ3v) is 6.14. The van der Waals surface area contributed by atoms with Crippen LogP contribution in [0, 0.1) is 0 Å². The van der Waals surface area contributed by atoms with E-state index in [1.807, 2.05) is 18.2 Å². The van der Waals surface area contributed by atoms with Gasteiger partial charge in [0.25, 0.3) is 0 Å². The third-order valence-electron chi connectivity index (χ3n) is 5.65. The summed E-state index contributed by atoms with van der Waals surface area (Å²) in [5, 5.41) is 1.04. The fraction of sp³-hybridized carbons (Fsp3) is 0.550. The molecule has 0 radical (unpaired) electrons. The van der Waals surface area contributed by atoms with Crippen molar-refractivity contribution in [3.8, 4) is 0 Å². The largest absolute Gasteiger partial charge is 0.423 e. The standard InChI is InChI=1S/C20H25BrN2O2/c21-16-4-5-18-15(12-20(24)25-19(18)13-16)14-22-10-6-17(7-11-22)23-8-2-1-3-9-23/h4-5,12-13,17H,1-3,6-11,14H2. The maximum Gasteiger partial charge on any atom is 0.336 e. The fourth-order valence-corrected chi connectivity index (χ4v) is 4.64. The zero-order valence-corrected chi connectivity index (χ0v) is 16.1. The number of fused-ring (bicyclic) bond motifs is 1. The van der Waals surface area contributed by atoms with Crippen molar-refractivity contribution in [2.24, 2.45) is 0 Å². The van der Waals surface area contributed by atoms with Crippen molar-refractivity contribution in [2.45, 2.75) is 44.7 Å². The van der Waals surface area contributed by atoms with E-state index >= 15 is 0 Å². The minimum atomic E-state index is -0.260. The van der Waals surface area contributed by atoms with E-state index in [4.69, 9.17) is 4.42 Å². The van der Waals surface area contributed by atoms with Crippen molar-refractivity contribution in [3.63, 3.8) is 0 Å². The SMILES string of the molecule is O=c1cc(CN2CCC(N3CCCCC3)CC2)c2ccc(Br)cc2o1. The van der Waals surface area contributed by atoms with Gasteiger partial charge in [-0.25, -0.2) is 4.79 Å². The summed E-state index contributed by atoms with van der Waals surface area (Å²) in [6.07, 6.45) is 6.61. The molecule has 25 heavy (non-hydrogen) atoms. The number of benzene rings is 1. The maximum atomic E-state index is 11.9. The number of piperidine rings is 2. The Morgan fingerprint density at radius 1 is 1.04 bits per heavy atom. The minimum Gasteiger partial charge on any atom is -0.423 e. The minimum absolute atomic E-state index is 0.260. The lowest BCUT2D eigenvalue weighted by Gasteiger charge is -2.40. The van der Waals surface area contributed by atoms with E-state index in [0.717, 1.165) is 41.1 Å². The van der Waals surface area contributed by atoms with Gasteiger partial charge in [0.15, 0.2) is 0 Å². The van der Waals surface area contributed by atoms with E-state index in [9.17, 15) is 4.79 Å². The molecule has 2 aliphatic heterocycles. The highest BCUT2D eigenvalue weighted by Crippen LogP contribution is 2.25. The molecule has 134 valence electrons. The van der Waals surface area contributed by atoms with Crippen molar-refractivity contribution in [1.29, 1.82) is 0 Å². The Morgan fingerprint density at radius 3 is 2.56 bits per heavy atom. The van der Waals surface area contributed by atoms with Gasteiger partial charge in [0.05, 0.1) is 0 Å². The van der Waals surface area contributed by atoms with Crippen LogP contribution in [-0.4, -0.2) is 42.0 Å². The van der Waals surface area contributed by atoms with Crippen LogP contribution in [0.4, 0.5) is 0 Å². The Labute approximate surface area is 156 Å². The number of halogens is 1. The Morgan fingerprint density at radius 2 is 1.80 bits per heavy atom. The van der Waals surface area contributed by atoms with Crippen LogP contribution in [0.2, 0.25) is 0 Å². The first-order valence-corrected chi connectivity index (χ1v) is 10.2. The average molecular weight is 405 g/mol. The quantitative estimate of drug-likeness (QED) is 0.724. The summed E-state index contributed by atoms with van der Waals surface area (Å²) >= 11 is 3.45. The van der Waals surface area contributed by atoms with E-state index < -0.39 is 0 Å². The first-order valence-electron chi connectivity index (χ1n) is 9.38. The molecule has 2 fully saturated rings. The van der Waals surface area contributed by atoms with E-state index in [-0.39, 0.29) is 5.63 Å². The molecule has 2 aromatic rings. The molecule has 0 saturated carbocycles. The predicted octanol–water partition coefficient (Wildman–Crippen LogP) is 4.01. The van der Waals surface area contributed by atoms with Gasteiger partial charge in [0.2, 0.25) is 0 Å². The first kappa shape index (κ1) is 17.3. The van der Waals surface area contributed by atoms with Crippen LogP contribution in [0.1, 0.15) is 37.7 Å². The highest BCUT2D eigenvalue weighted by atomic mass is 79.9. The van der Waals surface area contributed by atoms with Crippen molar-refractivity contribution >= 4 is 26.9 Å². The fourth-order valence-electron chi connectivity index (χ4n) is 4.30. The molecule has 2 aliphatic rings. The molecule has 0 unspecified atom stereocenters. The average Bonchev–Trinajstić information content (AvgIpc) is 2.62. The summed E-state index contributed by atoms with van der Waals surface area (Å²) < 4.78 is 6.29. The van der Waals surface area contributed by atoms with E-state index in [1.165, 1.54) is 45.2 Å². The van der Waals surface area contributed by atoms with Gasteiger partial charge in [-0.05, 0) is 75.6 Å². The van der Waals surface area contributed by atoms with Crippen molar-refractivity contribution < 1.29 is 4.42 Å². The number of nitrogens with zero attached hydrogens (tertiary/aromatic N) is 2. The molecule has 2 saturated heterocycles. The molecule has 0 aliphatic carbocycles. The number of hydrogen-bond donors (Lipinski definition) is 0. The van der Waals surface area contributed by atoms with Crippen LogP contribution in [-0.2, 0) is 6.54 Å². The van der Waals surface area contributed by atoms with Crippen molar-refractivity contribution in [2.75, 3.05) is 26.2 Å². The lowest BCUT2D eigenvalue weighted by Crippen LogP contribution is -2.46. The topological polar surface area (TPSA) is 36.7 Å². The molecule has 1 aromatic carbocycles. The van der Waals surface area contributed by atoms with E-state index in [0.29, 0.717) is 5.58 Å². The smallest absolute Gasteiger partial charge is 0.336 e. The van der Waals surface area contributed by atoms with Gasteiger partial charge in [-0.1, -0.05) is 22.4 Å². The number of likely N-dealkylation sites (tertiary alicyclic amines) is 2. The summed E-state index contributed by atoms with van der Waals surface area (Å²) in [7, 11) is 0. The molecule has 0 atom stereocenters. The van der Waals surface area contributed by atoms with Crippen LogP contribution in [0.15, 0.2) is 37.9 Å². The van der Waals surface area contributed by atoms with E-state index in [1.54, 1.807) is 6.07 Å².